The zero-order chi connectivity index (χ0) is 21.9. The Hall–Kier alpha value is -2.20. The van der Waals surface area contributed by atoms with Crippen molar-refractivity contribution in [2.75, 3.05) is 18.4 Å². The average Bonchev–Trinajstić information content (AvgIpc) is 2.85. The molecule has 1 saturated carbocycles. The minimum Gasteiger partial charge on any atom is -0.380 e. The van der Waals surface area contributed by atoms with Crippen LogP contribution in [-0.4, -0.2) is 35.9 Å². The number of hydrogen-bond acceptors (Lipinski definition) is 3. The molecule has 2 fully saturated rings. The lowest BCUT2D eigenvalue weighted by Crippen LogP contribution is -2.56. The van der Waals surface area contributed by atoms with Crippen LogP contribution >= 0.6 is 0 Å². The number of nitrogens with one attached hydrogen (secondary N) is 1. The maximum Gasteiger partial charge on any atom is 0.155 e. The lowest BCUT2D eigenvalue weighted by molar-refractivity contribution is -0.130. The van der Waals surface area contributed by atoms with Gasteiger partial charge in [-0.05, 0) is 86.9 Å². The Bertz CT molecular complexity index is 913. The molecule has 2 aliphatic heterocycles. The molecule has 1 aliphatic carbocycles. The SMILES string of the molecule is O=C(C1CCCCC1)C(C1CCc2ccccc2N1)N1CCC(c2ccc(F)cc2)CC1. The summed E-state index contributed by atoms with van der Waals surface area (Å²) >= 11 is 0. The highest BCUT2D eigenvalue weighted by molar-refractivity contribution is 5.88. The molecule has 2 atom stereocenters. The molecule has 0 bridgehead atoms. The summed E-state index contributed by atoms with van der Waals surface area (Å²) in [5.74, 6) is 0.981. The van der Waals surface area contributed by atoms with E-state index in [0.29, 0.717) is 11.7 Å². The number of aryl methyl sites for hydroxylation is 1. The monoisotopic (exact) mass is 434 g/mol. The second kappa shape index (κ2) is 9.74. The molecule has 0 aromatic heterocycles. The molecule has 1 N–H and O–H groups in total. The Morgan fingerprint density at radius 3 is 2.38 bits per heavy atom. The molecule has 0 radical (unpaired) electrons. The van der Waals surface area contributed by atoms with Gasteiger partial charge in [0.15, 0.2) is 5.78 Å². The summed E-state index contributed by atoms with van der Waals surface area (Å²) in [6, 6.07) is 15.7. The predicted molar refractivity (Wildman–Crippen MR) is 127 cm³/mol. The van der Waals surface area contributed by atoms with Crippen LogP contribution in [0.3, 0.4) is 0 Å². The summed E-state index contributed by atoms with van der Waals surface area (Å²) in [6.45, 7) is 1.87. The van der Waals surface area contributed by atoms with Gasteiger partial charge in [-0.1, -0.05) is 49.6 Å². The number of fused-ring (bicyclic) bond motifs is 1. The first-order valence-corrected chi connectivity index (χ1v) is 12.6. The van der Waals surface area contributed by atoms with Crippen LogP contribution in [-0.2, 0) is 11.2 Å². The summed E-state index contributed by atoms with van der Waals surface area (Å²) in [4.78, 5) is 16.3. The minimum atomic E-state index is -0.173. The van der Waals surface area contributed by atoms with Gasteiger partial charge in [-0.3, -0.25) is 9.69 Å². The Balaban J connectivity index is 1.33. The highest BCUT2D eigenvalue weighted by atomic mass is 19.1. The van der Waals surface area contributed by atoms with Gasteiger partial charge in [-0.2, -0.15) is 0 Å². The molecule has 0 spiro atoms. The topological polar surface area (TPSA) is 32.3 Å². The van der Waals surface area contributed by atoms with E-state index in [1.807, 2.05) is 12.1 Å². The molecule has 2 unspecified atom stereocenters. The van der Waals surface area contributed by atoms with Crippen molar-refractivity contribution in [1.82, 2.24) is 4.90 Å². The second-order valence-corrected chi connectivity index (χ2v) is 9.99. The van der Waals surface area contributed by atoms with E-state index in [1.165, 1.54) is 36.1 Å². The standard InChI is InChI=1S/C28H35FN2O/c29-24-13-10-20(11-14-24)21-16-18-31(19-17-21)27(28(32)23-7-2-1-3-8-23)26-15-12-22-6-4-5-9-25(22)30-26/h4-6,9-11,13-14,21,23,26-27,30H,1-3,7-8,12,15-19H2. The lowest BCUT2D eigenvalue weighted by atomic mass is 9.79. The van der Waals surface area contributed by atoms with Crippen molar-refractivity contribution in [3.8, 4) is 0 Å². The van der Waals surface area contributed by atoms with Gasteiger partial charge in [0.2, 0.25) is 0 Å². The lowest BCUT2D eigenvalue weighted by Gasteiger charge is -2.43. The van der Waals surface area contributed by atoms with Crippen LogP contribution in [0.2, 0.25) is 0 Å². The number of carbonyl (C=O) groups excluding carboxylic acids is 1. The zero-order valence-corrected chi connectivity index (χ0v) is 18.9. The van der Waals surface area contributed by atoms with Crippen molar-refractivity contribution in [1.29, 1.82) is 0 Å². The van der Waals surface area contributed by atoms with Crippen LogP contribution in [0.1, 0.15) is 68.4 Å². The van der Waals surface area contributed by atoms with Crippen molar-refractivity contribution in [3.05, 3.63) is 65.5 Å². The smallest absolute Gasteiger partial charge is 0.155 e. The van der Waals surface area contributed by atoms with Crippen LogP contribution in [0.5, 0.6) is 0 Å². The maximum absolute atomic E-state index is 13.9. The van der Waals surface area contributed by atoms with E-state index in [0.717, 1.165) is 51.6 Å². The fraction of sp³-hybridized carbons (Fsp3) is 0.536. The quantitative estimate of drug-likeness (QED) is 0.631. The summed E-state index contributed by atoms with van der Waals surface area (Å²) in [6.07, 6.45) is 9.88. The molecule has 2 heterocycles. The highest BCUT2D eigenvalue weighted by Gasteiger charge is 2.40. The van der Waals surface area contributed by atoms with Gasteiger partial charge in [0.1, 0.15) is 5.82 Å². The molecule has 2 aromatic rings. The molecule has 2 aromatic carbocycles. The van der Waals surface area contributed by atoms with Gasteiger partial charge in [-0.15, -0.1) is 0 Å². The number of piperidine rings is 1. The third-order valence-corrected chi connectivity index (χ3v) is 8.03. The number of rotatable bonds is 5. The Morgan fingerprint density at radius 1 is 0.906 bits per heavy atom. The van der Waals surface area contributed by atoms with Crippen LogP contribution in [0, 0.1) is 11.7 Å². The number of carbonyl (C=O) groups is 1. The normalized spacial score (nSPS) is 23.8. The van der Waals surface area contributed by atoms with Gasteiger partial charge in [-0.25, -0.2) is 4.39 Å². The van der Waals surface area contributed by atoms with Gasteiger partial charge in [0.05, 0.1) is 6.04 Å². The van der Waals surface area contributed by atoms with E-state index in [-0.39, 0.29) is 23.8 Å². The first-order valence-electron chi connectivity index (χ1n) is 12.6. The molecular weight excluding hydrogens is 399 g/mol. The van der Waals surface area contributed by atoms with Gasteiger partial charge < -0.3 is 5.32 Å². The molecule has 4 heteroatoms. The fourth-order valence-electron chi connectivity index (χ4n) is 6.21. The molecule has 0 amide bonds. The van der Waals surface area contributed by atoms with Crippen molar-refractivity contribution in [2.45, 2.75) is 75.8 Å². The van der Waals surface area contributed by atoms with Gasteiger partial charge in [0.25, 0.3) is 0 Å². The van der Waals surface area contributed by atoms with E-state index >= 15 is 0 Å². The highest BCUT2D eigenvalue weighted by Crippen LogP contribution is 2.35. The van der Waals surface area contributed by atoms with E-state index < -0.39 is 0 Å². The molecule has 170 valence electrons. The fourth-order valence-corrected chi connectivity index (χ4v) is 6.21. The van der Waals surface area contributed by atoms with E-state index in [9.17, 15) is 9.18 Å². The Morgan fingerprint density at radius 2 is 1.62 bits per heavy atom. The van der Waals surface area contributed by atoms with Crippen LogP contribution < -0.4 is 5.32 Å². The third kappa shape index (κ3) is 4.61. The number of halogens is 1. The van der Waals surface area contributed by atoms with E-state index in [1.54, 1.807) is 12.1 Å². The number of nitrogens with zero attached hydrogens (tertiary/aromatic N) is 1. The number of benzene rings is 2. The van der Waals surface area contributed by atoms with Crippen LogP contribution in [0.25, 0.3) is 0 Å². The summed E-state index contributed by atoms with van der Waals surface area (Å²) in [7, 11) is 0. The van der Waals surface area contributed by atoms with Gasteiger partial charge >= 0.3 is 0 Å². The Kier molecular flexibility index (Phi) is 6.59. The maximum atomic E-state index is 13.9. The summed E-state index contributed by atoms with van der Waals surface area (Å²) in [5, 5.41) is 3.76. The first-order chi connectivity index (χ1) is 15.7. The van der Waals surface area contributed by atoms with Crippen molar-refractivity contribution >= 4 is 11.5 Å². The molecule has 1 saturated heterocycles. The number of likely N-dealkylation sites (tertiary alicyclic amines) is 1. The molecule has 3 aliphatic rings. The summed E-state index contributed by atoms with van der Waals surface area (Å²) < 4.78 is 13.3. The molecule has 3 nitrogen and oxygen atoms in total. The van der Waals surface area contributed by atoms with E-state index in [4.69, 9.17) is 0 Å². The number of ketones is 1. The Labute approximate surface area is 191 Å². The third-order valence-electron chi connectivity index (χ3n) is 8.03. The zero-order valence-electron chi connectivity index (χ0n) is 18.9. The number of hydrogen-bond donors (Lipinski definition) is 1. The number of anilines is 1. The number of para-hydroxylation sites is 1. The molecule has 5 rings (SSSR count). The molecular formula is C28H35FN2O. The average molecular weight is 435 g/mol. The largest absolute Gasteiger partial charge is 0.380 e. The van der Waals surface area contributed by atoms with Crippen molar-refractivity contribution in [3.63, 3.8) is 0 Å². The van der Waals surface area contributed by atoms with Crippen LogP contribution in [0.4, 0.5) is 10.1 Å². The van der Waals surface area contributed by atoms with Crippen molar-refractivity contribution < 1.29 is 9.18 Å². The first kappa shape index (κ1) is 21.6. The summed E-state index contributed by atoms with van der Waals surface area (Å²) in [5.41, 5.74) is 3.79. The minimum absolute atomic E-state index is 0.0411. The number of Topliss-reactive ketones (excluding diaryl/α,β-unsaturated/α-hetero) is 1. The second-order valence-electron chi connectivity index (χ2n) is 9.99. The van der Waals surface area contributed by atoms with E-state index in [2.05, 4.69) is 34.5 Å². The van der Waals surface area contributed by atoms with Gasteiger partial charge in [0, 0.05) is 17.6 Å². The van der Waals surface area contributed by atoms with Crippen LogP contribution in [0.15, 0.2) is 48.5 Å². The van der Waals surface area contributed by atoms with Crippen molar-refractivity contribution in [2.24, 2.45) is 5.92 Å². The predicted octanol–water partition coefficient (Wildman–Crippen LogP) is 5.95. The molecule has 32 heavy (non-hydrogen) atoms.